The van der Waals surface area contributed by atoms with Crippen LogP contribution < -0.4 is 5.32 Å². The van der Waals surface area contributed by atoms with E-state index in [4.69, 9.17) is 0 Å². The minimum Gasteiger partial charge on any atom is -0.302 e. The topological polar surface area (TPSA) is 59.8 Å². The van der Waals surface area contributed by atoms with E-state index in [-0.39, 0.29) is 5.82 Å². The first-order valence-electron chi connectivity index (χ1n) is 8.21. The van der Waals surface area contributed by atoms with Gasteiger partial charge in [0, 0.05) is 46.4 Å². The molecular weight excluding hydrogens is 359 g/mol. The number of rotatable bonds is 7. The highest BCUT2D eigenvalue weighted by Gasteiger charge is 2.15. The van der Waals surface area contributed by atoms with Crippen LogP contribution in [0.4, 0.5) is 4.39 Å². The van der Waals surface area contributed by atoms with Crippen molar-refractivity contribution in [1.82, 2.24) is 20.3 Å². The lowest BCUT2D eigenvalue weighted by Gasteiger charge is -2.14. The summed E-state index contributed by atoms with van der Waals surface area (Å²) in [7, 11) is -0.806. The Morgan fingerprint density at radius 3 is 3.04 bits per heavy atom. The summed E-state index contributed by atoms with van der Waals surface area (Å²) >= 11 is 1.81. The number of thioether (sulfide) groups is 1. The van der Waals surface area contributed by atoms with Crippen LogP contribution in [0, 0.1) is 5.82 Å². The molecule has 0 fully saturated rings. The number of hydrogen-bond donors (Lipinski definition) is 1. The van der Waals surface area contributed by atoms with Gasteiger partial charge in [0.15, 0.2) is 0 Å². The number of aromatic nitrogens is 3. The smallest absolute Gasteiger partial charge is 0.132 e. The Labute approximate surface area is 153 Å². The van der Waals surface area contributed by atoms with Crippen LogP contribution in [0.5, 0.6) is 0 Å². The molecule has 134 valence electrons. The van der Waals surface area contributed by atoms with Crippen molar-refractivity contribution in [3.63, 3.8) is 0 Å². The Kier molecular flexibility index (Phi) is 6.39. The van der Waals surface area contributed by atoms with E-state index in [1.807, 2.05) is 23.9 Å². The molecule has 8 heteroatoms. The van der Waals surface area contributed by atoms with Gasteiger partial charge >= 0.3 is 0 Å². The van der Waals surface area contributed by atoms with Gasteiger partial charge in [0.2, 0.25) is 0 Å². The summed E-state index contributed by atoms with van der Waals surface area (Å²) in [4.78, 5) is 0. The summed E-state index contributed by atoms with van der Waals surface area (Å²) in [5, 5.41) is 11.5. The van der Waals surface area contributed by atoms with E-state index in [1.54, 1.807) is 16.9 Å². The molecule has 1 unspecified atom stereocenters. The summed E-state index contributed by atoms with van der Waals surface area (Å²) in [5.41, 5.74) is 2.97. The molecule has 1 aliphatic heterocycles. The maximum Gasteiger partial charge on any atom is 0.132 e. The van der Waals surface area contributed by atoms with Gasteiger partial charge in [0.05, 0.1) is 17.6 Å². The summed E-state index contributed by atoms with van der Waals surface area (Å²) < 4.78 is 27.5. The highest BCUT2D eigenvalue weighted by molar-refractivity contribution is 7.99. The van der Waals surface area contributed by atoms with Gasteiger partial charge in [0.1, 0.15) is 5.82 Å². The van der Waals surface area contributed by atoms with Gasteiger partial charge in [-0.2, -0.15) is 0 Å². The van der Waals surface area contributed by atoms with E-state index in [0.29, 0.717) is 35.7 Å². The van der Waals surface area contributed by atoms with Crippen LogP contribution >= 0.6 is 11.8 Å². The first kappa shape index (κ1) is 18.3. The highest BCUT2D eigenvalue weighted by atomic mass is 32.2. The van der Waals surface area contributed by atoms with Gasteiger partial charge < -0.3 is 5.32 Å². The van der Waals surface area contributed by atoms with E-state index < -0.39 is 10.8 Å². The molecular formula is C17H21FN4OS2. The maximum atomic E-state index is 14.5. The summed E-state index contributed by atoms with van der Waals surface area (Å²) in [6.45, 7) is 2.75. The Morgan fingerprint density at radius 2 is 2.32 bits per heavy atom. The van der Waals surface area contributed by atoms with Crippen LogP contribution in [-0.4, -0.2) is 42.3 Å². The van der Waals surface area contributed by atoms with E-state index in [0.717, 1.165) is 22.9 Å². The Balaban J connectivity index is 1.70. The molecule has 0 bridgehead atoms. The highest BCUT2D eigenvalue weighted by Crippen LogP contribution is 2.26. The fourth-order valence-corrected chi connectivity index (χ4v) is 4.07. The van der Waals surface area contributed by atoms with Crippen molar-refractivity contribution < 1.29 is 8.60 Å². The fourth-order valence-electron chi connectivity index (χ4n) is 2.61. The second kappa shape index (κ2) is 8.73. The summed E-state index contributed by atoms with van der Waals surface area (Å²) in [6.07, 6.45) is 4.34. The normalized spacial score (nSPS) is 17.5. The number of hydrogen-bond acceptors (Lipinski definition) is 5. The number of nitrogens with one attached hydrogen (secondary N) is 1. The molecule has 0 spiro atoms. The van der Waals surface area contributed by atoms with Crippen molar-refractivity contribution in [1.29, 1.82) is 0 Å². The van der Waals surface area contributed by atoms with E-state index in [1.165, 1.54) is 6.07 Å². The second-order valence-corrected chi connectivity index (χ2v) is 8.57. The van der Waals surface area contributed by atoms with Crippen molar-refractivity contribution in [2.75, 3.05) is 23.1 Å². The first-order valence-corrected chi connectivity index (χ1v) is 10.9. The molecule has 25 heavy (non-hydrogen) atoms. The minimum absolute atomic E-state index is 0.286. The van der Waals surface area contributed by atoms with Crippen molar-refractivity contribution in [2.45, 2.75) is 19.9 Å². The van der Waals surface area contributed by atoms with Gasteiger partial charge in [-0.15, -0.1) is 16.9 Å². The molecule has 1 aromatic heterocycles. The molecule has 0 radical (unpaired) electrons. The average molecular weight is 381 g/mol. The van der Waals surface area contributed by atoms with Crippen LogP contribution in [0.3, 0.4) is 0 Å². The van der Waals surface area contributed by atoms with Crippen LogP contribution in [-0.2, 0) is 17.3 Å². The third-order valence-electron chi connectivity index (χ3n) is 3.93. The standard InChI is InChI=1S/C17H21FN4OS2/c1-2-24-12-19-10-14-11-22(21-20-14)15-3-4-16(17(18)9-15)13-5-7-25(23)8-6-13/h3-5,9,11,19H,2,6-8,10,12H2,1H3. The lowest BCUT2D eigenvalue weighted by Crippen LogP contribution is -2.12. The number of nitrogens with zero attached hydrogens (tertiary/aromatic N) is 3. The van der Waals surface area contributed by atoms with Gasteiger partial charge in [-0.25, -0.2) is 9.07 Å². The molecule has 0 aliphatic carbocycles. The summed E-state index contributed by atoms with van der Waals surface area (Å²) in [6, 6.07) is 5.08. The zero-order chi connectivity index (χ0) is 17.6. The molecule has 1 N–H and O–H groups in total. The van der Waals surface area contributed by atoms with Crippen LogP contribution in [0.1, 0.15) is 24.6 Å². The number of allylic oxidation sites excluding steroid dienone is 1. The zero-order valence-corrected chi connectivity index (χ0v) is 15.7. The molecule has 0 saturated carbocycles. The molecule has 0 saturated heterocycles. The maximum absolute atomic E-state index is 14.5. The van der Waals surface area contributed by atoms with Gasteiger partial charge in [-0.3, -0.25) is 4.21 Å². The Bertz CT molecular complexity index is 791. The van der Waals surface area contributed by atoms with Crippen molar-refractivity contribution in [3.05, 3.63) is 47.5 Å². The quantitative estimate of drug-likeness (QED) is 0.591. The molecule has 3 rings (SSSR count). The Hall–Kier alpha value is -1.51. The van der Waals surface area contributed by atoms with Crippen molar-refractivity contribution in [3.8, 4) is 5.69 Å². The lowest BCUT2D eigenvalue weighted by atomic mass is 10.0. The predicted molar refractivity (Wildman–Crippen MR) is 102 cm³/mol. The molecule has 1 atom stereocenters. The molecule has 1 aliphatic rings. The first-order chi connectivity index (χ1) is 12.2. The minimum atomic E-state index is -0.806. The number of halogens is 1. The monoisotopic (exact) mass is 380 g/mol. The lowest BCUT2D eigenvalue weighted by molar-refractivity contribution is 0.620. The largest absolute Gasteiger partial charge is 0.302 e. The van der Waals surface area contributed by atoms with Crippen LogP contribution in [0.25, 0.3) is 11.3 Å². The van der Waals surface area contributed by atoms with Crippen molar-refractivity contribution >= 4 is 28.1 Å². The molecule has 2 heterocycles. The summed E-state index contributed by atoms with van der Waals surface area (Å²) in [5.74, 6) is 2.75. The predicted octanol–water partition coefficient (Wildman–Crippen LogP) is 2.74. The van der Waals surface area contributed by atoms with Gasteiger partial charge in [0.25, 0.3) is 0 Å². The third-order valence-corrected chi connectivity index (χ3v) is 5.95. The van der Waals surface area contributed by atoms with E-state index in [9.17, 15) is 8.60 Å². The molecule has 2 aromatic rings. The third kappa shape index (κ3) is 4.77. The molecule has 5 nitrogen and oxygen atoms in total. The van der Waals surface area contributed by atoms with Crippen molar-refractivity contribution in [2.24, 2.45) is 0 Å². The van der Waals surface area contributed by atoms with E-state index in [2.05, 4.69) is 22.6 Å². The van der Waals surface area contributed by atoms with E-state index >= 15 is 0 Å². The van der Waals surface area contributed by atoms with Gasteiger partial charge in [-0.1, -0.05) is 18.2 Å². The molecule has 1 aromatic carbocycles. The average Bonchev–Trinajstić information content (AvgIpc) is 3.09. The second-order valence-electron chi connectivity index (χ2n) is 5.67. The zero-order valence-electron chi connectivity index (χ0n) is 14.1. The van der Waals surface area contributed by atoms with Crippen LogP contribution in [0.15, 0.2) is 30.5 Å². The SMILES string of the molecule is CCSCNCc1cn(-c2ccc(C3=CCS(=O)CC3)c(F)c2)nn1. The fraction of sp³-hybridized carbons (Fsp3) is 0.412. The van der Waals surface area contributed by atoms with Gasteiger partial charge in [-0.05, 0) is 29.9 Å². The Morgan fingerprint density at radius 1 is 1.44 bits per heavy atom. The van der Waals surface area contributed by atoms with Crippen LogP contribution in [0.2, 0.25) is 0 Å². The number of benzene rings is 1. The molecule has 0 amide bonds.